The third-order valence-electron chi connectivity index (χ3n) is 2.16. The number of hydrogen-bond donors (Lipinski definition) is 1. The average Bonchev–Trinajstić information content (AvgIpc) is 2.17. The van der Waals surface area contributed by atoms with Crippen LogP contribution in [0.4, 0.5) is 4.79 Å². The molecule has 0 aliphatic rings. The van der Waals surface area contributed by atoms with Crippen LogP contribution in [0.5, 0.6) is 0 Å². The van der Waals surface area contributed by atoms with Crippen molar-refractivity contribution >= 4 is 6.09 Å². The Bertz CT molecular complexity index is 284. The Morgan fingerprint density at radius 1 is 1.38 bits per heavy atom. The second-order valence-corrected chi connectivity index (χ2v) is 2.98. The van der Waals surface area contributed by atoms with Gasteiger partial charge in [-0.25, -0.2) is 4.79 Å². The Hall–Kier alpha value is -1.51. The molecule has 0 aliphatic carbocycles. The molecule has 1 aromatic rings. The molecule has 3 heteroatoms. The minimum Gasteiger partial charge on any atom is -0.465 e. The van der Waals surface area contributed by atoms with Gasteiger partial charge in [-0.1, -0.05) is 30.3 Å². The lowest BCUT2D eigenvalue weighted by atomic mass is 10.1. The molecule has 1 atom stereocenters. The Morgan fingerprint density at radius 2 is 1.92 bits per heavy atom. The van der Waals surface area contributed by atoms with Crippen LogP contribution in [0, 0.1) is 0 Å². The standard InChI is InChI=1S/C10H13NO2/c1-8(11(2)10(12)13)9-6-4-3-5-7-9/h3-8H,1-2H3,(H,12,13). The smallest absolute Gasteiger partial charge is 0.407 e. The molecule has 0 saturated heterocycles. The largest absolute Gasteiger partial charge is 0.465 e. The SMILES string of the molecule is CC(c1ccccc1)N(C)C(=O)O. The second kappa shape index (κ2) is 3.94. The number of benzene rings is 1. The van der Waals surface area contributed by atoms with Crippen LogP contribution in [-0.4, -0.2) is 23.1 Å². The van der Waals surface area contributed by atoms with Crippen LogP contribution in [0.25, 0.3) is 0 Å². The zero-order valence-electron chi connectivity index (χ0n) is 7.77. The third-order valence-corrected chi connectivity index (χ3v) is 2.16. The zero-order chi connectivity index (χ0) is 9.84. The maximum Gasteiger partial charge on any atom is 0.407 e. The monoisotopic (exact) mass is 179 g/mol. The number of hydrogen-bond acceptors (Lipinski definition) is 1. The third kappa shape index (κ3) is 2.21. The molecule has 3 nitrogen and oxygen atoms in total. The molecule has 0 radical (unpaired) electrons. The van der Waals surface area contributed by atoms with E-state index in [1.807, 2.05) is 37.3 Å². The molecule has 1 aromatic carbocycles. The maximum absolute atomic E-state index is 10.6. The fourth-order valence-electron chi connectivity index (χ4n) is 1.12. The number of carboxylic acid groups (broad SMARTS) is 1. The average molecular weight is 179 g/mol. The van der Waals surface area contributed by atoms with E-state index in [2.05, 4.69) is 0 Å². The normalized spacial score (nSPS) is 12.2. The van der Waals surface area contributed by atoms with Gasteiger partial charge in [0.25, 0.3) is 0 Å². The van der Waals surface area contributed by atoms with Crippen LogP contribution in [0.2, 0.25) is 0 Å². The van der Waals surface area contributed by atoms with Crippen molar-refractivity contribution in [2.24, 2.45) is 0 Å². The molecule has 0 aromatic heterocycles. The van der Waals surface area contributed by atoms with E-state index in [1.165, 1.54) is 4.90 Å². The highest BCUT2D eigenvalue weighted by molar-refractivity contribution is 5.65. The first kappa shape index (κ1) is 9.58. The van der Waals surface area contributed by atoms with Gasteiger partial charge < -0.3 is 10.0 Å². The summed E-state index contributed by atoms with van der Waals surface area (Å²) >= 11 is 0. The molecule has 1 N–H and O–H groups in total. The Kier molecular flexibility index (Phi) is 2.90. The molecule has 0 spiro atoms. The summed E-state index contributed by atoms with van der Waals surface area (Å²) in [5, 5.41) is 8.74. The number of nitrogens with zero attached hydrogens (tertiary/aromatic N) is 1. The minimum atomic E-state index is -0.906. The first-order chi connectivity index (χ1) is 6.13. The van der Waals surface area contributed by atoms with Crippen LogP contribution in [0.15, 0.2) is 30.3 Å². The van der Waals surface area contributed by atoms with Gasteiger partial charge in [0, 0.05) is 7.05 Å². The number of rotatable bonds is 2. The summed E-state index contributed by atoms with van der Waals surface area (Å²) in [5.74, 6) is 0. The van der Waals surface area contributed by atoms with E-state index in [4.69, 9.17) is 5.11 Å². The van der Waals surface area contributed by atoms with Crippen molar-refractivity contribution in [2.75, 3.05) is 7.05 Å². The summed E-state index contributed by atoms with van der Waals surface area (Å²) in [6.07, 6.45) is -0.906. The van der Waals surface area contributed by atoms with E-state index in [0.29, 0.717) is 0 Å². The van der Waals surface area contributed by atoms with E-state index in [9.17, 15) is 4.79 Å². The topological polar surface area (TPSA) is 40.5 Å². The van der Waals surface area contributed by atoms with Crippen molar-refractivity contribution in [3.63, 3.8) is 0 Å². The van der Waals surface area contributed by atoms with Crippen LogP contribution in [-0.2, 0) is 0 Å². The predicted molar refractivity (Wildman–Crippen MR) is 50.6 cm³/mol. The zero-order valence-corrected chi connectivity index (χ0v) is 7.77. The van der Waals surface area contributed by atoms with Gasteiger partial charge in [0.15, 0.2) is 0 Å². The summed E-state index contributed by atoms with van der Waals surface area (Å²) in [6, 6.07) is 9.47. The Morgan fingerprint density at radius 3 is 2.38 bits per heavy atom. The van der Waals surface area contributed by atoms with E-state index in [-0.39, 0.29) is 6.04 Å². The molecule has 1 amide bonds. The first-order valence-corrected chi connectivity index (χ1v) is 4.13. The quantitative estimate of drug-likeness (QED) is 0.757. The Balaban J connectivity index is 2.79. The molecule has 1 rings (SSSR count). The summed E-state index contributed by atoms with van der Waals surface area (Å²) < 4.78 is 0. The highest BCUT2D eigenvalue weighted by Crippen LogP contribution is 2.17. The fraction of sp³-hybridized carbons (Fsp3) is 0.300. The fourth-order valence-corrected chi connectivity index (χ4v) is 1.12. The lowest BCUT2D eigenvalue weighted by molar-refractivity contribution is 0.142. The van der Waals surface area contributed by atoms with Crippen molar-refractivity contribution in [3.8, 4) is 0 Å². The Labute approximate surface area is 77.6 Å². The van der Waals surface area contributed by atoms with Crippen molar-refractivity contribution in [3.05, 3.63) is 35.9 Å². The molecule has 0 fully saturated rings. The lowest BCUT2D eigenvalue weighted by Crippen LogP contribution is -2.27. The molecule has 0 saturated carbocycles. The summed E-state index contributed by atoms with van der Waals surface area (Å²) in [5.41, 5.74) is 1.01. The highest BCUT2D eigenvalue weighted by atomic mass is 16.4. The van der Waals surface area contributed by atoms with Gasteiger partial charge in [-0.2, -0.15) is 0 Å². The van der Waals surface area contributed by atoms with Gasteiger partial charge in [-0.05, 0) is 12.5 Å². The molecule has 0 aliphatic heterocycles. The summed E-state index contributed by atoms with van der Waals surface area (Å²) in [4.78, 5) is 11.9. The first-order valence-electron chi connectivity index (χ1n) is 4.13. The summed E-state index contributed by atoms with van der Waals surface area (Å²) in [6.45, 7) is 1.86. The van der Waals surface area contributed by atoms with Crippen molar-refractivity contribution < 1.29 is 9.90 Å². The molecule has 0 heterocycles. The van der Waals surface area contributed by atoms with Crippen molar-refractivity contribution in [2.45, 2.75) is 13.0 Å². The molecular formula is C10H13NO2. The highest BCUT2D eigenvalue weighted by Gasteiger charge is 2.14. The van der Waals surface area contributed by atoms with Crippen molar-refractivity contribution in [1.82, 2.24) is 4.90 Å². The van der Waals surface area contributed by atoms with E-state index in [1.54, 1.807) is 7.05 Å². The number of carbonyl (C=O) groups is 1. The van der Waals surface area contributed by atoms with Gasteiger partial charge in [0.05, 0.1) is 6.04 Å². The molecule has 70 valence electrons. The van der Waals surface area contributed by atoms with Crippen LogP contribution < -0.4 is 0 Å². The van der Waals surface area contributed by atoms with Crippen LogP contribution in [0.1, 0.15) is 18.5 Å². The van der Waals surface area contributed by atoms with Gasteiger partial charge in [-0.3, -0.25) is 0 Å². The van der Waals surface area contributed by atoms with Gasteiger partial charge in [0.1, 0.15) is 0 Å². The van der Waals surface area contributed by atoms with Crippen LogP contribution >= 0.6 is 0 Å². The molecular weight excluding hydrogens is 166 g/mol. The molecule has 1 unspecified atom stereocenters. The van der Waals surface area contributed by atoms with Gasteiger partial charge >= 0.3 is 6.09 Å². The minimum absolute atomic E-state index is 0.0984. The second-order valence-electron chi connectivity index (χ2n) is 2.98. The predicted octanol–water partition coefficient (Wildman–Crippen LogP) is 2.36. The maximum atomic E-state index is 10.6. The van der Waals surface area contributed by atoms with E-state index < -0.39 is 6.09 Å². The summed E-state index contributed by atoms with van der Waals surface area (Å²) in [7, 11) is 1.57. The van der Waals surface area contributed by atoms with Crippen LogP contribution in [0.3, 0.4) is 0 Å². The lowest BCUT2D eigenvalue weighted by Gasteiger charge is -2.21. The number of amides is 1. The van der Waals surface area contributed by atoms with Gasteiger partial charge in [0.2, 0.25) is 0 Å². The molecule has 0 bridgehead atoms. The van der Waals surface area contributed by atoms with E-state index >= 15 is 0 Å². The van der Waals surface area contributed by atoms with Crippen molar-refractivity contribution in [1.29, 1.82) is 0 Å². The molecule has 13 heavy (non-hydrogen) atoms. The van der Waals surface area contributed by atoms with Gasteiger partial charge in [-0.15, -0.1) is 0 Å². The van der Waals surface area contributed by atoms with E-state index in [0.717, 1.165) is 5.56 Å².